The second kappa shape index (κ2) is 3.40. The highest BCUT2D eigenvalue weighted by atomic mass is 32.2. The quantitative estimate of drug-likeness (QED) is 0.710. The number of alkyl halides is 3. The van der Waals surface area contributed by atoms with Crippen LogP contribution in [0.15, 0.2) is 0 Å². The van der Waals surface area contributed by atoms with E-state index in [1.807, 2.05) is 0 Å². The van der Waals surface area contributed by atoms with Gasteiger partial charge in [0, 0.05) is 6.54 Å². The first-order chi connectivity index (χ1) is 4.81. The van der Waals surface area contributed by atoms with Crippen LogP contribution in [0.3, 0.4) is 0 Å². The molecule has 0 amide bonds. The molecule has 0 aliphatic rings. The molecule has 0 spiro atoms. The third kappa shape index (κ3) is 3.06. The number of sulfonamides is 1. The highest BCUT2D eigenvalue weighted by Gasteiger charge is 2.45. The molecule has 0 aliphatic heterocycles. The van der Waals surface area contributed by atoms with Gasteiger partial charge in [0.05, 0.1) is 0 Å². The molecule has 0 bridgehead atoms. The van der Waals surface area contributed by atoms with Crippen LogP contribution in [0.5, 0.6) is 0 Å². The Labute approximate surface area is 62.6 Å². The largest absolute Gasteiger partial charge is 0.511 e. The van der Waals surface area contributed by atoms with Crippen LogP contribution in [0.25, 0.3) is 0 Å². The predicted molar refractivity (Wildman–Crippen MR) is 33.0 cm³/mol. The van der Waals surface area contributed by atoms with Gasteiger partial charge in [-0.15, -0.1) is 0 Å². The first-order valence-corrected chi connectivity index (χ1v) is 4.15. The SMILES string of the molecule is [CH2]CCNS(=O)(=O)C(F)(F)F. The molecule has 0 unspecified atom stereocenters. The van der Waals surface area contributed by atoms with Gasteiger partial charge in [0.15, 0.2) is 0 Å². The lowest BCUT2D eigenvalue weighted by molar-refractivity contribution is -0.0447. The van der Waals surface area contributed by atoms with Crippen molar-refractivity contribution in [3.8, 4) is 0 Å². The van der Waals surface area contributed by atoms with Crippen molar-refractivity contribution in [1.82, 2.24) is 4.72 Å². The molecule has 0 fully saturated rings. The number of rotatable bonds is 3. The minimum Gasteiger partial charge on any atom is -0.207 e. The van der Waals surface area contributed by atoms with Crippen LogP contribution < -0.4 is 4.72 Å². The van der Waals surface area contributed by atoms with Crippen molar-refractivity contribution >= 4 is 10.0 Å². The molecule has 0 atom stereocenters. The molecule has 0 aromatic heterocycles. The third-order valence-electron chi connectivity index (χ3n) is 0.774. The third-order valence-corrected chi connectivity index (χ3v) is 1.97. The number of hydrogen-bond acceptors (Lipinski definition) is 2. The molecule has 7 heteroatoms. The second-order valence-corrected chi connectivity index (χ2v) is 3.46. The maximum Gasteiger partial charge on any atom is 0.511 e. The molecule has 0 aromatic carbocycles. The summed E-state index contributed by atoms with van der Waals surface area (Å²) in [5.74, 6) is 0. The highest BCUT2D eigenvalue weighted by molar-refractivity contribution is 7.90. The van der Waals surface area contributed by atoms with Crippen LogP contribution in [-0.2, 0) is 10.0 Å². The molecule has 0 aliphatic carbocycles. The summed E-state index contributed by atoms with van der Waals surface area (Å²) in [6.07, 6.45) is 0.0787. The Morgan fingerprint density at radius 2 is 1.82 bits per heavy atom. The topological polar surface area (TPSA) is 46.2 Å². The zero-order valence-corrected chi connectivity index (χ0v) is 6.30. The fraction of sp³-hybridized carbons (Fsp3) is 0.750. The van der Waals surface area contributed by atoms with E-state index < -0.39 is 15.5 Å². The minimum atomic E-state index is -5.22. The van der Waals surface area contributed by atoms with E-state index >= 15 is 0 Å². The van der Waals surface area contributed by atoms with Gasteiger partial charge >= 0.3 is 15.5 Å². The summed E-state index contributed by atoms with van der Waals surface area (Å²) in [5, 5.41) is 0. The van der Waals surface area contributed by atoms with E-state index in [-0.39, 0.29) is 13.0 Å². The van der Waals surface area contributed by atoms with E-state index in [2.05, 4.69) is 6.92 Å². The summed E-state index contributed by atoms with van der Waals surface area (Å²) in [5.41, 5.74) is -5.22. The van der Waals surface area contributed by atoms with E-state index in [1.165, 1.54) is 4.72 Å². The van der Waals surface area contributed by atoms with Crippen molar-refractivity contribution in [3.05, 3.63) is 6.92 Å². The minimum absolute atomic E-state index is 0.0787. The summed E-state index contributed by atoms with van der Waals surface area (Å²) in [4.78, 5) is 0. The smallest absolute Gasteiger partial charge is 0.207 e. The van der Waals surface area contributed by atoms with Crippen LogP contribution in [-0.4, -0.2) is 20.5 Å². The molecule has 0 heterocycles. The number of hydrogen-bond donors (Lipinski definition) is 1. The summed E-state index contributed by atoms with van der Waals surface area (Å²) in [7, 11) is -5.15. The fourth-order valence-corrected chi connectivity index (χ4v) is 0.865. The van der Waals surface area contributed by atoms with Crippen LogP contribution in [0, 0.1) is 6.92 Å². The van der Waals surface area contributed by atoms with Crippen molar-refractivity contribution in [3.63, 3.8) is 0 Å². The molecule has 0 saturated carbocycles. The maximum atomic E-state index is 11.5. The van der Waals surface area contributed by atoms with Gasteiger partial charge in [-0.1, -0.05) is 6.92 Å². The molecule has 3 nitrogen and oxygen atoms in total. The molecule has 67 valence electrons. The summed E-state index contributed by atoms with van der Waals surface area (Å²) in [6, 6.07) is 0. The van der Waals surface area contributed by atoms with E-state index in [1.54, 1.807) is 0 Å². The first-order valence-electron chi connectivity index (χ1n) is 2.66. The second-order valence-electron chi connectivity index (χ2n) is 1.70. The van der Waals surface area contributed by atoms with Gasteiger partial charge in [-0.25, -0.2) is 13.1 Å². The van der Waals surface area contributed by atoms with E-state index in [9.17, 15) is 21.6 Å². The average Bonchev–Trinajstić information content (AvgIpc) is 1.81. The lowest BCUT2D eigenvalue weighted by Gasteiger charge is -2.07. The fourth-order valence-electron chi connectivity index (χ4n) is 0.288. The molecule has 0 saturated heterocycles. The zero-order valence-electron chi connectivity index (χ0n) is 5.48. The standard InChI is InChI=1S/C4H7F3NO2S/c1-2-3-8-11(9,10)4(5,6)7/h8H,1-3H2. The number of nitrogens with one attached hydrogen (secondary N) is 1. The molecule has 1 radical (unpaired) electrons. The summed E-state index contributed by atoms with van der Waals surface area (Å²) >= 11 is 0. The highest BCUT2D eigenvalue weighted by Crippen LogP contribution is 2.21. The number of halogens is 3. The average molecular weight is 190 g/mol. The molecule has 1 N–H and O–H groups in total. The van der Waals surface area contributed by atoms with Crippen LogP contribution in [0.4, 0.5) is 13.2 Å². The molecule has 11 heavy (non-hydrogen) atoms. The van der Waals surface area contributed by atoms with Crippen LogP contribution in [0.2, 0.25) is 0 Å². The van der Waals surface area contributed by atoms with Gasteiger partial charge in [-0.3, -0.25) is 0 Å². The van der Waals surface area contributed by atoms with Gasteiger partial charge in [0.2, 0.25) is 0 Å². The van der Waals surface area contributed by atoms with Crippen molar-refractivity contribution in [2.45, 2.75) is 11.9 Å². The summed E-state index contributed by atoms with van der Waals surface area (Å²) < 4.78 is 56.1. The molecule has 0 aromatic rings. The lowest BCUT2D eigenvalue weighted by Crippen LogP contribution is -2.36. The van der Waals surface area contributed by atoms with Crippen LogP contribution >= 0.6 is 0 Å². The Morgan fingerprint density at radius 1 is 1.36 bits per heavy atom. The first kappa shape index (κ1) is 10.7. The molecular weight excluding hydrogens is 183 g/mol. The van der Waals surface area contributed by atoms with Gasteiger partial charge in [-0.2, -0.15) is 13.2 Å². The maximum absolute atomic E-state index is 11.5. The van der Waals surface area contributed by atoms with Crippen molar-refractivity contribution in [2.24, 2.45) is 0 Å². The van der Waals surface area contributed by atoms with Crippen molar-refractivity contribution < 1.29 is 21.6 Å². The zero-order chi connectivity index (χ0) is 9.12. The Morgan fingerprint density at radius 3 is 2.09 bits per heavy atom. The monoisotopic (exact) mass is 190 g/mol. The van der Waals surface area contributed by atoms with E-state index in [0.717, 1.165) is 0 Å². The van der Waals surface area contributed by atoms with Gasteiger partial charge in [0.25, 0.3) is 0 Å². The van der Waals surface area contributed by atoms with E-state index in [4.69, 9.17) is 0 Å². The Kier molecular flexibility index (Phi) is 3.30. The van der Waals surface area contributed by atoms with Gasteiger partial charge < -0.3 is 0 Å². The molecule has 0 rings (SSSR count). The summed E-state index contributed by atoms with van der Waals surface area (Å²) in [6.45, 7) is 2.87. The van der Waals surface area contributed by atoms with Gasteiger partial charge in [0.1, 0.15) is 0 Å². The van der Waals surface area contributed by atoms with Crippen molar-refractivity contribution in [1.29, 1.82) is 0 Å². The molecular formula is C4H7F3NO2S. The Balaban J connectivity index is 4.26. The lowest BCUT2D eigenvalue weighted by atomic mass is 10.5. The Hall–Kier alpha value is -0.300. The predicted octanol–water partition coefficient (Wildman–Crippen LogP) is 0.650. The normalized spacial score (nSPS) is 13.5. The Bertz CT molecular complexity index is 208. The van der Waals surface area contributed by atoms with Crippen LogP contribution in [0.1, 0.15) is 6.42 Å². The van der Waals surface area contributed by atoms with Gasteiger partial charge in [-0.05, 0) is 6.42 Å². The van der Waals surface area contributed by atoms with Crippen molar-refractivity contribution in [2.75, 3.05) is 6.54 Å². The van der Waals surface area contributed by atoms with E-state index in [0.29, 0.717) is 0 Å².